The van der Waals surface area contributed by atoms with Crippen molar-refractivity contribution in [3.63, 3.8) is 0 Å². The summed E-state index contributed by atoms with van der Waals surface area (Å²) in [5, 5.41) is 4.22. The van der Waals surface area contributed by atoms with Crippen LogP contribution in [0, 0.1) is 5.82 Å². The van der Waals surface area contributed by atoms with E-state index in [9.17, 15) is 9.18 Å². The fourth-order valence-corrected chi connectivity index (χ4v) is 3.87. The molecule has 2 heterocycles. The molecule has 1 aromatic heterocycles. The quantitative estimate of drug-likeness (QED) is 0.596. The molecule has 4 rings (SSSR count). The third kappa shape index (κ3) is 4.45. The molecule has 29 heavy (non-hydrogen) atoms. The van der Waals surface area contributed by atoms with Crippen LogP contribution in [-0.4, -0.2) is 55.2 Å². The second-order valence-corrected chi connectivity index (χ2v) is 7.54. The van der Waals surface area contributed by atoms with E-state index >= 15 is 0 Å². The van der Waals surface area contributed by atoms with Crippen molar-refractivity contribution in [1.82, 2.24) is 15.2 Å². The summed E-state index contributed by atoms with van der Waals surface area (Å²) in [5.74, 6) is -0.632. The molecule has 1 fully saturated rings. The van der Waals surface area contributed by atoms with Crippen LogP contribution in [-0.2, 0) is 4.74 Å². The molecule has 1 amide bonds. The Bertz CT molecular complexity index is 1010. The molecular weight excluding hydrogens is 393 g/mol. The van der Waals surface area contributed by atoms with Crippen LogP contribution in [0.15, 0.2) is 42.5 Å². The fraction of sp³-hybridized carbons (Fsp3) is 0.318. The highest BCUT2D eigenvalue weighted by molar-refractivity contribution is 6.31. The van der Waals surface area contributed by atoms with E-state index in [-0.39, 0.29) is 11.7 Å². The van der Waals surface area contributed by atoms with Crippen LogP contribution in [0.4, 0.5) is 4.39 Å². The van der Waals surface area contributed by atoms with Gasteiger partial charge in [0, 0.05) is 46.7 Å². The van der Waals surface area contributed by atoms with E-state index in [1.54, 1.807) is 36.4 Å². The molecule has 2 aromatic carbocycles. The number of benzene rings is 2. The minimum Gasteiger partial charge on any atom is -0.379 e. The Labute approximate surface area is 173 Å². The number of rotatable bonds is 6. The van der Waals surface area contributed by atoms with Crippen molar-refractivity contribution in [3.05, 3.63) is 59.0 Å². The number of hydrogen-bond donors (Lipinski definition) is 2. The zero-order valence-corrected chi connectivity index (χ0v) is 16.8. The van der Waals surface area contributed by atoms with Gasteiger partial charge in [-0.05, 0) is 37.2 Å². The van der Waals surface area contributed by atoms with Crippen LogP contribution in [0.5, 0.6) is 0 Å². The van der Waals surface area contributed by atoms with Gasteiger partial charge >= 0.3 is 0 Å². The maximum absolute atomic E-state index is 14.5. The Kier molecular flexibility index (Phi) is 6.13. The number of halogens is 2. The Morgan fingerprint density at radius 3 is 2.79 bits per heavy atom. The number of H-pyrrole nitrogens is 1. The van der Waals surface area contributed by atoms with Crippen LogP contribution in [0.3, 0.4) is 0 Å². The van der Waals surface area contributed by atoms with E-state index in [0.29, 0.717) is 28.4 Å². The number of nitrogens with zero attached hydrogens (tertiary/aromatic N) is 1. The summed E-state index contributed by atoms with van der Waals surface area (Å²) in [7, 11) is 0. The highest BCUT2D eigenvalue weighted by Gasteiger charge is 2.21. The Hall–Kier alpha value is -2.41. The largest absolute Gasteiger partial charge is 0.379 e. The predicted molar refractivity (Wildman–Crippen MR) is 113 cm³/mol. The van der Waals surface area contributed by atoms with Crippen LogP contribution in [0.25, 0.3) is 22.0 Å². The van der Waals surface area contributed by atoms with Crippen LogP contribution in [0.1, 0.15) is 16.9 Å². The lowest BCUT2D eigenvalue weighted by Gasteiger charge is -2.26. The Morgan fingerprint density at radius 1 is 1.21 bits per heavy atom. The van der Waals surface area contributed by atoms with Crippen molar-refractivity contribution >= 4 is 28.4 Å². The molecule has 3 aromatic rings. The van der Waals surface area contributed by atoms with Crippen molar-refractivity contribution in [2.45, 2.75) is 6.42 Å². The molecule has 7 heteroatoms. The normalized spacial score (nSPS) is 15.0. The number of amides is 1. The molecule has 5 nitrogen and oxygen atoms in total. The molecule has 1 saturated heterocycles. The van der Waals surface area contributed by atoms with E-state index < -0.39 is 0 Å². The van der Waals surface area contributed by atoms with Gasteiger partial charge in [-0.3, -0.25) is 9.69 Å². The van der Waals surface area contributed by atoms with Crippen molar-refractivity contribution in [2.24, 2.45) is 0 Å². The molecule has 0 unspecified atom stereocenters. The SMILES string of the molecule is O=C(NCCCN1CCOCC1)c1[nH]c2ccc(Cl)cc2c1-c1ccccc1F. The molecule has 1 aliphatic rings. The number of carbonyl (C=O) groups excluding carboxylic acids is 1. The van der Waals surface area contributed by atoms with Crippen molar-refractivity contribution < 1.29 is 13.9 Å². The van der Waals surface area contributed by atoms with E-state index in [1.165, 1.54) is 6.07 Å². The monoisotopic (exact) mass is 415 g/mol. The van der Waals surface area contributed by atoms with Gasteiger partial charge in [0.2, 0.25) is 0 Å². The average molecular weight is 416 g/mol. The van der Waals surface area contributed by atoms with Gasteiger partial charge in [-0.1, -0.05) is 29.8 Å². The number of aromatic amines is 1. The molecule has 0 atom stereocenters. The minimum atomic E-state index is -0.380. The predicted octanol–water partition coefficient (Wildman–Crippen LogP) is 4.08. The highest BCUT2D eigenvalue weighted by Crippen LogP contribution is 2.35. The van der Waals surface area contributed by atoms with Crippen LogP contribution in [0.2, 0.25) is 5.02 Å². The number of ether oxygens (including phenoxy) is 1. The first-order valence-corrected chi connectivity index (χ1v) is 10.2. The number of aromatic nitrogens is 1. The molecule has 0 aliphatic carbocycles. The lowest BCUT2D eigenvalue weighted by molar-refractivity contribution is 0.0374. The number of fused-ring (bicyclic) bond motifs is 1. The molecular formula is C22H23ClFN3O2. The summed E-state index contributed by atoms with van der Waals surface area (Å²) < 4.78 is 19.9. The van der Waals surface area contributed by atoms with E-state index in [1.807, 2.05) is 0 Å². The summed E-state index contributed by atoms with van der Waals surface area (Å²) in [6.07, 6.45) is 0.840. The molecule has 0 saturated carbocycles. The second kappa shape index (κ2) is 8.95. The zero-order valence-electron chi connectivity index (χ0n) is 16.0. The smallest absolute Gasteiger partial charge is 0.268 e. The van der Waals surface area contributed by atoms with E-state index in [4.69, 9.17) is 16.3 Å². The number of nitrogens with one attached hydrogen (secondary N) is 2. The summed E-state index contributed by atoms with van der Waals surface area (Å²) in [4.78, 5) is 18.4. The molecule has 1 aliphatic heterocycles. The molecule has 0 spiro atoms. The van der Waals surface area contributed by atoms with E-state index in [2.05, 4.69) is 15.2 Å². The molecule has 0 radical (unpaired) electrons. The lowest BCUT2D eigenvalue weighted by Crippen LogP contribution is -2.38. The third-order valence-corrected chi connectivity index (χ3v) is 5.41. The summed E-state index contributed by atoms with van der Waals surface area (Å²) in [5.41, 5.74) is 2.00. The van der Waals surface area contributed by atoms with Crippen LogP contribution >= 0.6 is 11.6 Å². The first-order chi connectivity index (χ1) is 14.1. The van der Waals surface area contributed by atoms with Crippen molar-refractivity contribution in [2.75, 3.05) is 39.4 Å². The molecule has 0 bridgehead atoms. The minimum absolute atomic E-state index is 0.252. The average Bonchev–Trinajstić information content (AvgIpc) is 3.11. The Morgan fingerprint density at radius 2 is 2.00 bits per heavy atom. The first kappa shape index (κ1) is 19.9. The van der Waals surface area contributed by atoms with Crippen LogP contribution < -0.4 is 5.32 Å². The zero-order chi connectivity index (χ0) is 20.2. The maximum atomic E-state index is 14.5. The number of morpholine rings is 1. The summed E-state index contributed by atoms with van der Waals surface area (Å²) in [6.45, 7) is 4.82. The van der Waals surface area contributed by atoms with Gasteiger partial charge < -0.3 is 15.0 Å². The maximum Gasteiger partial charge on any atom is 0.268 e. The van der Waals surface area contributed by atoms with E-state index in [0.717, 1.165) is 50.2 Å². The molecule has 2 N–H and O–H groups in total. The van der Waals surface area contributed by atoms with Gasteiger partial charge in [0.05, 0.1) is 13.2 Å². The van der Waals surface area contributed by atoms with Gasteiger partial charge in [0.1, 0.15) is 11.5 Å². The van der Waals surface area contributed by atoms with Crippen molar-refractivity contribution in [3.8, 4) is 11.1 Å². The Balaban J connectivity index is 1.55. The lowest BCUT2D eigenvalue weighted by atomic mass is 10.0. The standard InChI is InChI=1S/C22H23ClFN3O2/c23-15-6-7-19-17(14-15)20(16-4-1-2-5-18(16)24)21(26-19)22(28)25-8-3-9-27-10-12-29-13-11-27/h1-2,4-7,14,26H,3,8-13H2,(H,25,28). The van der Waals surface area contributed by atoms with Gasteiger partial charge in [0.25, 0.3) is 5.91 Å². The fourth-order valence-electron chi connectivity index (χ4n) is 3.70. The van der Waals surface area contributed by atoms with Gasteiger partial charge in [-0.25, -0.2) is 4.39 Å². The first-order valence-electron chi connectivity index (χ1n) is 9.78. The van der Waals surface area contributed by atoms with Crippen molar-refractivity contribution in [1.29, 1.82) is 0 Å². The summed E-state index contributed by atoms with van der Waals surface area (Å²) in [6, 6.07) is 11.8. The molecule has 152 valence electrons. The van der Waals surface area contributed by atoms with Gasteiger partial charge in [-0.15, -0.1) is 0 Å². The topological polar surface area (TPSA) is 57.4 Å². The van der Waals surface area contributed by atoms with Gasteiger partial charge in [-0.2, -0.15) is 0 Å². The third-order valence-electron chi connectivity index (χ3n) is 5.17. The highest BCUT2D eigenvalue weighted by atomic mass is 35.5. The van der Waals surface area contributed by atoms with Gasteiger partial charge in [0.15, 0.2) is 0 Å². The number of hydrogen-bond acceptors (Lipinski definition) is 3. The summed E-state index contributed by atoms with van der Waals surface area (Å²) >= 11 is 6.16. The second-order valence-electron chi connectivity index (χ2n) is 7.11. The number of carbonyl (C=O) groups is 1.